The number of hydrogen-bond acceptors (Lipinski definition) is 4. The van der Waals surface area contributed by atoms with Gasteiger partial charge in [-0.05, 0) is 19.4 Å². The molecule has 1 saturated heterocycles. The topological polar surface area (TPSA) is 183 Å². The molecule has 1 rings (SSSR count). The van der Waals surface area contributed by atoms with Crippen molar-refractivity contribution >= 4 is 16.4 Å². The Kier molecular flexibility index (Phi) is 11.7. The molecule has 0 aromatic heterocycles. The molecule has 9 N–H and O–H groups in total. The van der Waals surface area contributed by atoms with Crippen LogP contribution in [0.25, 0.3) is 0 Å². The van der Waals surface area contributed by atoms with Gasteiger partial charge in [-0.25, -0.2) is 0 Å². The van der Waals surface area contributed by atoms with Crippen LogP contribution in [-0.4, -0.2) is 48.1 Å². The normalized spacial score (nSPS) is 19.8. The van der Waals surface area contributed by atoms with Crippen LogP contribution in [0.1, 0.15) is 32.1 Å². The molecule has 0 spiro atoms. The van der Waals surface area contributed by atoms with E-state index in [4.69, 9.17) is 29.0 Å². The molecule has 0 aromatic rings. The van der Waals surface area contributed by atoms with Crippen molar-refractivity contribution in [3.05, 3.63) is 0 Å². The van der Waals surface area contributed by atoms with E-state index in [2.05, 4.69) is 10.3 Å². The zero-order valence-corrected chi connectivity index (χ0v) is 11.6. The van der Waals surface area contributed by atoms with Crippen molar-refractivity contribution in [1.29, 1.82) is 0 Å². The maximum atomic E-state index is 8.74. The molecule has 0 saturated carbocycles. The van der Waals surface area contributed by atoms with Crippen LogP contribution >= 0.6 is 0 Å². The van der Waals surface area contributed by atoms with Gasteiger partial charge in [-0.3, -0.25) is 14.1 Å². The van der Waals surface area contributed by atoms with E-state index in [0.29, 0.717) is 6.04 Å². The third kappa shape index (κ3) is 19.6. The SMILES string of the molecule is NC(N)=NCC1CCCCCCN1.O.O=S(=O)(O)O. The predicted molar refractivity (Wildman–Crippen MR) is 73.3 cm³/mol. The summed E-state index contributed by atoms with van der Waals surface area (Å²) in [5, 5.41) is 3.46. The third-order valence-electron chi connectivity index (χ3n) is 2.41. The first-order valence-electron chi connectivity index (χ1n) is 5.77. The van der Waals surface area contributed by atoms with Crippen molar-refractivity contribution in [2.24, 2.45) is 16.5 Å². The molecule has 1 atom stereocenters. The van der Waals surface area contributed by atoms with Gasteiger partial charge in [-0.15, -0.1) is 0 Å². The third-order valence-corrected chi connectivity index (χ3v) is 2.41. The molecule has 9 nitrogen and oxygen atoms in total. The van der Waals surface area contributed by atoms with Crippen LogP contribution in [0.3, 0.4) is 0 Å². The summed E-state index contributed by atoms with van der Waals surface area (Å²) in [5.41, 5.74) is 10.6. The van der Waals surface area contributed by atoms with E-state index in [1.54, 1.807) is 0 Å². The summed E-state index contributed by atoms with van der Waals surface area (Å²) in [7, 11) is -4.67. The fraction of sp³-hybridized carbons (Fsp3) is 0.889. The van der Waals surface area contributed by atoms with Crippen molar-refractivity contribution in [2.75, 3.05) is 13.1 Å². The summed E-state index contributed by atoms with van der Waals surface area (Å²) in [6.45, 7) is 1.83. The standard InChI is InChI=1S/C9H20N4.H2O4S.H2O/c10-9(11)13-7-8-5-3-1-2-4-6-12-8;1-5(2,3)4;/h8,12H,1-7H2,(H4,10,11,13);(H2,1,2,3,4);1H2. The summed E-state index contributed by atoms with van der Waals surface area (Å²) in [6, 6.07) is 0.474. The Hall–Kier alpha value is -0.940. The van der Waals surface area contributed by atoms with Crippen LogP contribution in [0.2, 0.25) is 0 Å². The van der Waals surface area contributed by atoms with E-state index >= 15 is 0 Å². The first kappa shape index (κ1) is 20.4. The van der Waals surface area contributed by atoms with Crippen LogP contribution in [0.5, 0.6) is 0 Å². The minimum Gasteiger partial charge on any atom is -0.412 e. The van der Waals surface area contributed by atoms with Gasteiger partial charge in [-0.2, -0.15) is 8.42 Å². The zero-order valence-electron chi connectivity index (χ0n) is 10.7. The minimum absolute atomic E-state index is 0. The highest BCUT2D eigenvalue weighted by molar-refractivity contribution is 7.79. The summed E-state index contributed by atoms with van der Waals surface area (Å²) < 4.78 is 31.6. The molecule has 10 heteroatoms. The fourth-order valence-electron chi connectivity index (χ4n) is 1.65. The number of aliphatic imine (C=N–C) groups is 1. The van der Waals surface area contributed by atoms with Gasteiger partial charge >= 0.3 is 10.4 Å². The highest BCUT2D eigenvalue weighted by atomic mass is 32.3. The van der Waals surface area contributed by atoms with Gasteiger partial charge in [-0.1, -0.05) is 19.3 Å². The number of hydrogen-bond donors (Lipinski definition) is 5. The van der Waals surface area contributed by atoms with Crippen molar-refractivity contribution in [1.82, 2.24) is 5.32 Å². The molecule has 1 aliphatic heterocycles. The Bertz CT molecular complexity index is 327. The molecule has 1 unspecified atom stereocenters. The van der Waals surface area contributed by atoms with Gasteiger partial charge in [0.25, 0.3) is 0 Å². The Morgan fingerprint density at radius 2 is 1.74 bits per heavy atom. The van der Waals surface area contributed by atoms with Crippen molar-refractivity contribution < 1.29 is 23.0 Å². The second-order valence-corrected chi connectivity index (χ2v) is 4.96. The lowest BCUT2D eigenvalue weighted by Gasteiger charge is -2.19. The van der Waals surface area contributed by atoms with Crippen molar-refractivity contribution in [3.63, 3.8) is 0 Å². The van der Waals surface area contributed by atoms with E-state index in [0.717, 1.165) is 13.1 Å². The quantitative estimate of drug-likeness (QED) is 0.238. The van der Waals surface area contributed by atoms with Gasteiger partial charge < -0.3 is 22.3 Å². The number of nitrogens with zero attached hydrogens (tertiary/aromatic N) is 1. The molecule has 116 valence electrons. The molecular weight excluding hydrogens is 276 g/mol. The molecule has 0 aliphatic carbocycles. The first-order chi connectivity index (χ1) is 8.29. The maximum Gasteiger partial charge on any atom is 0.394 e. The second kappa shape index (κ2) is 10.9. The molecule has 0 radical (unpaired) electrons. The van der Waals surface area contributed by atoms with E-state index in [1.807, 2.05) is 0 Å². The minimum atomic E-state index is -4.67. The van der Waals surface area contributed by atoms with E-state index in [9.17, 15) is 0 Å². The van der Waals surface area contributed by atoms with Crippen LogP contribution in [0.15, 0.2) is 4.99 Å². The number of guanidine groups is 1. The molecule has 0 bridgehead atoms. The molecular formula is C9H24N4O5S. The summed E-state index contributed by atoms with van der Waals surface area (Å²) in [4.78, 5) is 4.03. The van der Waals surface area contributed by atoms with E-state index in [1.165, 1.54) is 32.1 Å². The molecule has 1 heterocycles. The largest absolute Gasteiger partial charge is 0.412 e. The highest BCUT2D eigenvalue weighted by Crippen LogP contribution is 2.09. The van der Waals surface area contributed by atoms with Crippen molar-refractivity contribution in [2.45, 2.75) is 38.1 Å². The van der Waals surface area contributed by atoms with Crippen LogP contribution in [0, 0.1) is 0 Å². The highest BCUT2D eigenvalue weighted by Gasteiger charge is 2.09. The molecule has 1 aliphatic rings. The Morgan fingerprint density at radius 1 is 1.21 bits per heavy atom. The van der Waals surface area contributed by atoms with E-state index in [-0.39, 0.29) is 11.4 Å². The molecule has 0 amide bonds. The van der Waals surface area contributed by atoms with Gasteiger partial charge in [0.2, 0.25) is 0 Å². The van der Waals surface area contributed by atoms with Crippen LogP contribution < -0.4 is 16.8 Å². The summed E-state index contributed by atoms with van der Waals surface area (Å²) in [6.07, 6.45) is 6.45. The molecule has 19 heavy (non-hydrogen) atoms. The monoisotopic (exact) mass is 300 g/mol. The Morgan fingerprint density at radius 3 is 2.26 bits per heavy atom. The molecule has 1 fully saturated rings. The van der Waals surface area contributed by atoms with Gasteiger partial charge in [0.1, 0.15) is 0 Å². The van der Waals surface area contributed by atoms with Gasteiger partial charge in [0.15, 0.2) is 5.96 Å². The average molecular weight is 300 g/mol. The van der Waals surface area contributed by atoms with Crippen LogP contribution in [0.4, 0.5) is 0 Å². The summed E-state index contributed by atoms with van der Waals surface area (Å²) in [5.74, 6) is 0.198. The zero-order chi connectivity index (χ0) is 14.0. The fourth-order valence-corrected chi connectivity index (χ4v) is 1.65. The van der Waals surface area contributed by atoms with Gasteiger partial charge in [0.05, 0.1) is 6.54 Å². The lowest BCUT2D eigenvalue weighted by Crippen LogP contribution is -2.35. The Labute approximate surface area is 113 Å². The van der Waals surface area contributed by atoms with Gasteiger partial charge in [0, 0.05) is 6.04 Å². The number of nitrogens with two attached hydrogens (primary N) is 2. The lowest BCUT2D eigenvalue weighted by molar-refractivity contribution is 0.381. The number of nitrogens with one attached hydrogen (secondary N) is 1. The Balaban J connectivity index is 0. The number of rotatable bonds is 2. The van der Waals surface area contributed by atoms with Crippen LogP contribution in [-0.2, 0) is 10.4 Å². The first-order valence-corrected chi connectivity index (χ1v) is 7.17. The molecule has 0 aromatic carbocycles. The predicted octanol–water partition coefficient (Wildman–Crippen LogP) is -1.30. The lowest BCUT2D eigenvalue weighted by atomic mass is 10.0. The second-order valence-electron chi connectivity index (χ2n) is 4.07. The van der Waals surface area contributed by atoms with Crippen molar-refractivity contribution in [3.8, 4) is 0 Å². The summed E-state index contributed by atoms with van der Waals surface area (Å²) >= 11 is 0. The van der Waals surface area contributed by atoms with E-state index < -0.39 is 10.4 Å². The maximum absolute atomic E-state index is 8.74. The average Bonchev–Trinajstić information content (AvgIpc) is 2.12. The smallest absolute Gasteiger partial charge is 0.394 e.